The molecule has 2 aromatic heterocycles. The van der Waals surface area contributed by atoms with Crippen molar-refractivity contribution < 1.29 is 4.74 Å². The molecule has 0 aliphatic heterocycles. The van der Waals surface area contributed by atoms with Crippen molar-refractivity contribution in [3.8, 4) is 5.75 Å². The first kappa shape index (κ1) is 12.9. The monoisotopic (exact) mass is 284 g/mol. The molecular formula is C16H16N2OS. The molecule has 3 nitrogen and oxygen atoms in total. The van der Waals surface area contributed by atoms with Gasteiger partial charge in [0.05, 0.1) is 13.2 Å². The first-order chi connectivity index (χ1) is 9.78. The third-order valence-corrected chi connectivity index (χ3v) is 4.07. The number of hydrogen-bond donors (Lipinski definition) is 1. The van der Waals surface area contributed by atoms with Gasteiger partial charge in [-0.2, -0.15) is 11.3 Å². The van der Waals surface area contributed by atoms with Gasteiger partial charge in [0.2, 0.25) is 0 Å². The van der Waals surface area contributed by atoms with Crippen molar-refractivity contribution in [1.82, 2.24) is 4.98 Å². The zero-order valence-corrected chi connectivity index (χ0v) is 12.3. The molecule has 0 amide bonds. The van der Waals surface area contributed by atoms with E-state index in [2.05, 4.69) is 40.1 Å². The van der Waals surface area contributed by atoms with Crippen LogP contribution in [-0.2, 0) is 0 Å². The molecule has 20 heavy (non-hydrogen) atoms. The number of nitrogens with zero attached hydrogens (tertiary/aromatic N) is 1. The van der Waals surface area contributed by atoms with E-state index in [-0.39, 0.29) is 6.04 Å². The lowest BCUT2D eigenvalue weighted by atomic mass is 10.1. The van der Waals surface area contributed by atoms with Crippen molar-refractivity contribution >= 4 is 27.9 Å². The fourth-order valence-electron chi connectivity index (χ4n) is 2.20. The van der Waals surface area contributed by atoms with Gasteiger partial charge in [-0.1, -0.05) is 6.07 Å². The number of ether oxygens (including phenoxy) is 1. The molecule has 3 rings (SSSR count). The number of fused-ring (bicyclic) bond motifs is 1. The maximum atomic E-state index is 5.30. The van der Waals surface area contributed by atoms with Crippen molar-refractivity contribution in [1.29, 1.82) is 0 Å². The van der Waals surface area contributed by atoms with E-state index in [1.165, 1.54) is 5.56 Å². The van der Waals surface area contributed by atoms with Gasteiger partial charge in [0.15, 0.2) is 0 Å². The lowest BCUT2D eigenvalue weighted by Gasteiger charge is -2.15. The van der Waals surface area contributed by atoms with Gasteiger partial charge in [0.25, 0.3) is 0 Å². The molecule has 0 bridgehead atoms. The number of pyridine rings is 1. The highest BCUT2D eigenvalue weighted by molar-refractivity contribution is 7.08. The second-order valence-corrected chi connectivity index (χ2v) is 5.45. The molecule has 0 saturated carbocycles. The summed E-state index contributed by atoms with van der Waals surface area (Å²) >= 11 is 1.71. The summed E-state index contributed by atoms with van der Waals surface area (Å²) in [6.45, 7) is 2.14. The largest absolute Gasteiger partial charge is 0.497 e. The Morgan fingerprint density at radius 2 is 2.15 bits per heavy atom. The Morgan fingerprint density at radius 3 is 2.90 bits per heavy atom. The number of aromatic nitrogens is 1. The van der Waals surface area contributed by atoms with Crippen LogP contribution in [0, 0.1) is 0 Å². The topological polar surface area (TPSA) is 34.1 Å². The number of thiophene rings is 1. The third kappa shape index (κ3) is 2.47. The molecule has 2 heterocycles. The zero-order valence-electron chi connectivity index (χ0n) is 11.5. The molecule has 0 aliphatic carbocycles. The normalized spacial score (nSPS) is 12.3. The highest BCUT2D eigenvalue weighted by Gasteiger charge is 2.09. The first-order valence-corrected chi connectivity index (χ1v) is 7.43. The van der Waals surface area contributed by atoms with Gasteiger partial charge in [0, 0.05) is 11.6 Å². The minimum atomic E-state index is 0.227. The molecule has 0 fully saturated rings. The molecule has 3 aromatic rings. The number of methoxy groups -OCH3 is 1. The number of hydrogen-bond acceptors (Lipinski definition) is 4. The fourth-order valence-corrected chi connectivity index (χ4v) is 2.95. The van der Waals surface area contributed by atoms with Crippen molar-refractivity contribution in [2.24, 2.45) is 0 Å². The summed E-state index contributed by atoms with van der Waals surface area (Å²) in [6.07, 6.45) is 1.83. The average molecular weight is 284 g/mol. The molecule has 0 saturated heterocycles. The van der Waals surface area contributed by atoms with Gasteiger partial charge in [-0.3, -0.25) is 0 Å². The molecule has 0 radical (unpaired) electrons. The maximum Gasteiger partial charge on any atom is 0.134 e. The van der Waals surface area contributed by atoms with Crippen LogP contribution >= 0.6 is 11.3 Å². The van der Waals surface area contributed by atoms with Crippen LogP contribution in [0.5, 0.6) is 5.75 Å². The SMILES string of the molecule is COc1ccc2ccnc(NC(C)c3ccsc3)c2c1. The van der Waals surface area contributed by atoms with Crippen LogP contribution in [0.25, 0.3) is 10.8 Å². The van der Waals surface area contributed by atoms with Crippen molar-refractivity contribution in [2.75, 3.05) is 12.4 Å². The van der Waals surface area contributed by atoms with Crippen LogP contribution in [0.3, 0.4) is 0 Å². The molecule has 1 unspecified atom stereocenters. The van der Waals surface area contributed by atoms with E-state index in [9.17, 15) is 0 Å². The van der Waals surface area contributed by atoms with Gasteiger partial charge in [-0.05, 0) is 52.9 Å². The summed E-state index contributed by atoms with van der Waals surface area (Å²) in [4.78, 5) is 4.47. The maximum absolute atomic E-state index is 5.30. The van der Waals surface area contributed by atoms with Crippen LogP contribution in [0.15, 0.2) is 47.3 Å². The van der Waals surface area contributed by atoms with Crippen molar-refractivity contribution in [2.45, 2.75) is 13.0 Å². The zero-order chi connectivity index (χ0) is 13.9. The molecule has 1 N–H and O–H groups in total. The quantitative estimate of drug-likeness (QED) is 0.767. The summed E-state index contributed by atoms with van der Waals surface area (Å²) in [5.41, 5.74) is 1.27. The Balaban J connectivity index is 1.98. The number of rotatable bonds is 4. The molecule has 0 aliphatic rings. The smallest absolute Gasteiger partial charge is 0.134 e. The van der Waals surface area contributed by atoms with E-state index in [1.807, 2.05) is 24.4 Å². The predicted octanol–water partition coefficient (Wildman–Crippen LogP) is 4.48. The summed E-state index contributed by atoms with van der Waals surface area (Å²) in [7, 11) is 1.68. The molecular weight excluding hydrogens is 268 g/mol. The van der Waals surface area contributed by atoms with E-state index in [4.69, 9.17) is 4.74 Å². The molecule has 1 aromatic carbocycles. The summed E-state index contributed by atoms with van der Waals surface area (Å²) in [5.74, 6) is 1.73. The lowest BCUT2D eigenvalue weighted by molar-refractivity contribution is 0.415. The second kappa shape index (κ2) is 5.51. The minimum Gasteiger partial charge on any atom is -0.497 e. The Bertz CT molecular complexity index is 710. The predicted molar refractivity (Wildman–Crippen MR) is 84.7 cm³/mol. The Hall–Kier alpha value is -2.07. The molecule has 102 valence electrons. The number of anilines is 1. The van der Waals surface area contributed by atoms with Crippen molar-refractivity contribution in [3.05, 3.63) is 52.9 Å². The van der Waals surface area contributed by atoms with E-state index < -0.39 is 0 Å². The number of benzene rings is 1. The fraction of sp³-hybridized carbons (Fsp3) is 0.188. The summed E-state index contributed by atoms with van der Waals surface area (Å²) in [5, 5.41) is 9.96. The molecule has 4 heteroatoms. The highest BCUT2D eigenvalue weighted by atomic mass is 32.1. The van der Waals surface area contributed by atoms with Gasteiger partial charge in [-0.25, -0.2) is 4.98 Å². The molecule has 0 spiro atoms. The Morgan fingerprint density at radius 1 is 1.25 bits per heavy atom. The van der Waals surface area contributed by atoms with Crippen LogP contribution < -0.4 is 10.1 Å². The Kier molecular flexibility index (Phi) is 3.56. The van der Waals surface area contributed by atoms with Gasteiger partial charge >= 0.3 is 0 Å². The van der Waals surface area contributed by atoms with Crippen LogP contribution in [-0.4, -0.2) is 12.1 Å². The van der Waals surface area contributed by atoms with E-state index in [0.717, 1.165) is 22.3 Å². The van der Waals surface area contributed by atoms with Crippen LogP contribution in [0.4, 0.5) is 5.82 Å². The standard InChI is InChI=1S/C16H16N2OS/c1-11(13-6-8-20-10-13)18-16-15-9-14(19-2)4-3-12(15)5-7-17-16/h3-11H,1-2H3,(H,17,18). The van der Waals surface area contributed by atoms with Gasteiger partial charge in [0.1, 0.15) is 11.6 Å². The Labute approximate surface area is 122 Å². The minimum absolute atomic E-state index is 0.227. The number of nitrogens with one attached hydrogen (secondary N) is 1. The third-order valence-electron chi connectivity index (χ3n) is 3.37. The van der Waals surface area contributed by atoms with Crippen LogP contribution in [0.1, 0.15) is 18.5 Å². The second-order valence-electron chi connectivity index (χ2n) is 4.67. The van der Waals surface area contributed by atoms with E-state index in [1.54, 1.807) is 18.4 Å². The van der Waals surface area contributed by atoms with Gasteiger partial charge in [-0.15, -0.1) is 0 Å². The average Bonchev–Trinajstić information content (AvgIpc) is 3.01. The summed E-state index contributed by atoms with van der Waals surface area (Å²) in [6, 6.07) is 10.4. The van der Waals surface area contributed by atoms with E-state index in [0.29, 0.717) is 0 Å². The van der Waals surface area contributed by atoms with Gasteiger partial charge < -0.3 is 10.1 Å². The van der Waals surface area contributed by atoms with E-state index >= 15 is 0 Å². The molecule has 1 atom stereocenters. The lowest BCUT2D eigenvalue weighted by Crippen LogP contribution is -2.07. The summed E-state index contributed by atoms with van der Waals surface area (Å²) < 4.78 is 5.30. The van der Waals surface area contributed by atoms with Crippen molar-refractivity contribution in [3.63, 3.8) is 0 Å². The first-order valence-electron chi connectivity index (χ1n) is 6.49. The van der Waals surface area contributed by atoms with Crippen LogP contribution in [0.2, 0.25) is 0 Å². The highest BCUT2D eigenvalue weighted by Crippen LogP contribution is 2.28.